The van der Waals surface area contributed by atoms with E-state index >= 15 is 0 Å². The number of aryl methyl sites for hydroxylation is 1. The molecular weight excluding hydrogens is 398 g/mol. The van der Waals surface area contributed by atoms with Gasteiger partial charge in [0.2, 0.25) is 11.8 Å². The second-order valence-electron chi connectivity index (χ2n) is 6.80. The van der Waals surface area contributed by atoms with Crippen molar-refractivity contribution in [2.45, 2.75) is 20.3 Å². The molecular formula is C24H20ClN3O2. The zero-order chi connectivity index (χ0) is 21.1. The lowest BCUT2D eigenvalue weighted by molar-refractivity contribution is -0.116. The number of pyridine rings is 1. The number of para-hydroxylation sites is 1. The van der Waals surface area contributed by atoms with Crippen LogP contribution in [0.2, 0.25) is 5.02 Å². The van der Waals surface area contributed by atoms with Gasteiger partial charge in [0.1, 0.15) is 5.69 Å². The number of anilines is 2. The number of carbonyl (C=O) groups excluding carboxylic acids is 1. The molecule has 0 aliphatic carbocycles. The van der Waals surface area contributed by atoms with Gasteiger partial charge < -0.3 is 4.52 Å². The van der Waals surface area contributed by atoms with Crippen molar-refractivity contribution in [2.24, 2.45) is 0 Å². The number of benzene rings is 2. The molecule has 4 aromatic rings. The minimum absolute atomic E-state index is 0.234. The summed E-state index contributed by atoms with van der Waals surface area (Å²) in [5.41, 5.74) is 4.86. The third-order valence-corrected chi connectivity index (χ3v) is 5.21. The van der Waals surface area contributed by atoms with Gasteiger partial charge in [-0.15, -0.1) is 0 Å². The van der Waals surface area contributed by atoms with Crippen molar-refractivity contribution in [1.82, 2.24) is 10.1 Å². The van der Waals surface area contributed by atoms with E-state index in [0.29, 0.717) is 27.9 Å². The van der Waals surface area contributed by atoms with E-state index in [4.69, 9.17) is 16.1 Å². The van der Waals surface area contributed by atoms with Gasteiger partial charge in [-0.2, -0.15) is 0 Å². The first-order valence-electron chi connectivity index (χ1n) is 9.64. The molecule has 0 aliphatic heterocycles. The van der Waals surface area contributed by atoms with Gasteiger partial charge in [-0.3, -0.25) is 9.78 Å². The quantitative estimate of drug-likeness (QED) is 0.382. The van der Waals surface area contributed by atoms with Gasteiger partial charge >= 0.3 is 0 Å². The number of nitrogens with zero attached hydrogens (tertiary/aromatic N) is 3. The van der Waals surface area contributed by atoms with Crippen molar-refractivity contribution in [2.75, 3.05) is 4.90 Å². The van der Waals surface area contributed by atoms with Crippen LogP contribution in [0, 0.1) is 0 Å². The van der Waals surface area contributed by atoms with Crippen molar-refractivity contribution >= 4 is 29.1 Å². The minimum atomic E-state index is -0.234. The highest BCUT2D eigenvalue weighted by Gasteiger charge is 2.28. The van der Waals surface area contributed by atoms with E-state index in [9.17, 15) is 4.79 Å². The highest BCUT2D eigenvalue weighted by molar-refractivity contribution is 6.34. The minimum Gasteiger partial charge on any atom is -0.337 e. The summed E-state index contributed by atoms with van der Waals surface area (Å²) in [6.45, 7) is 3.58. The van der Waals surface area contributed by atoms with Crippen molar-refractivity contribution in [3.63, 3.8) is 0 Å². The molecule has 0 N–H and O–H groups in total. The van der Waals surface area contributed by atoms with Crippen molar-refractivity contribution < 1.29 is 9.32 Å². The van der Waals surface area contributed by atoms with E-state index < -0.39 is 0 Å². The highest BCUT2D eigenvalue weighted by Crippen LogP contribution is 2.43. The summed E-state index contributed by atoms with van der Waals surface area (Å²) in [6, 6.07) is 19.0. The van der Waals surface area contributed by atoms with Crippen LogP contribution in [0.15, 0.2) is 77.6 Å². The van der Waals surface area contributed by atoms with Crippen LogP contribution in [0.25, 0.3) is 22.4 Å². The maximum atomic E-state index is 12.7. The van der Waals surface area contributed by atoms with Crippen LogP contribution in [0.1, 0.15) is 19.4 Å². The Kier molecular flexibility index (Phi) is 5.63. The van der Waals surface area contributed by atoms with E-state index in [2.05, 4.69) is 29.2 Å². The van der Waals surface area contributed by atoms with Crippen LogP contribution in [0.3, 0.4) is 0 Å². The standard InChI is InChI=1S/C24H20ClN3O2/c1-3-17-8-10-19(11-9-17)23-22(18-12-14-26-15-13-18)24(30-27-23)28(16(2)29)21-7-5-4-6-20(21)25/h4-15H,3H2,1-2H3. The number of carbonyl (C=O) groups is 1. The largest absolute Gasteiger partial charge is 0.337 e. The van der Waals surface area contributed by atoms with Crippen LogP contribution >= 0.6 is 11.6 Å². The fourth-order valence-corrected chi connectivity index (χ4v) is 3.58. The third kappa shape index (κ3) is 3.72. The molecule has 150 valence electrons. The predicted molar refractivity (Wildman–Crippen MR) is 119 cm³/mol. The van der Waals surface area contributed by atoms with E-state index in [0.717, 1.165) is 17.5 Å². The Morgan fingerprint density at radius 1 is 1.00 bits per heavy atom. The Morgan fingerprint density at radius 3 is 2.33 bits per heavy atom. The molecule has 6 heteroatoms. The van der Waals surface area contributed by atoms with Crippen molar-refractivity contribution in [3.8, 4) is 22.4 Å². The van der Waals surface area contributed by atoms with Gasteiger partial charge in [-0.25, -0.2) is 4.90 Å². The van der Waals surface area contributed by atoms with Crippen molar-refractivity contribution in [3.05, 3.63) is 83.6 Å². The summed E-state index contributed by atoms with van der Waals surface area (Å²) in [7, 11) is 0. The van der Waals surface area contributed by atoms with Gasteiger partial charge in [-0.05, 0) is 41.8 Å². The maximum Gasteiger partial charge on any atom is 0.247 e. The van der Waals surface area contributed by atoms with E-state index in [1.807, 2.05) is 36.4 Å². The van der Waals surface area contributed by atoms with E-state index in [-0.39, 0.29) is 5.91 Å². The van der Waals surface area contributed by atoms with Gasteiger partial charge in [-0.1, -0.05) is 60.1 Å². The maximum absolute atomic E-state index is 12.7. The summed E-state index contributed by atoms with van der Waals surface area (Å²) >= 11 is 6.40. The summed E-state index contributed by atoms with van der Waals surface area (Å²) < 4.78 is 5.77. The van der Waals surface area contributed by atoms with E-state index in [1.54, 1.807) is 24.5 Å². The molecule has 0 fully saturated rings. The Bertz CT molecular complexity index is 1170. The van der Waals surface area contributed by atoms with Crippen LogP contribution in [-0.2, 0) is 11.2 Å². The van der Waals surface area contributed by atoms with Crippen LogP contribution in [0.5, 0.6) is 0 Å². The summed E-state index contributed by atoms with van der Waals surface area (Å²) in [5, 5.41) is 4.79. The molecule has 5 nitrogen and oxygen atoms in total. The fourth-order valence-electron chi connectivity index (χ4n) is 3.36. The second kappa shape index (κ2) is 8.51. The first-order valence-corrected chi connectivity index (χ1v) is 10.0. The number of hydrogen-bond acceptors (Lipinski definition) is 4. The molecule has 1 amide bonds. The molecule has 2 aromatic carbocycles. The fraction of sp³-hybridized carbons (Fsp3) is 0.125. The zero-order valence-corrected chi connectivity index (χ0v) is 17.4. The second-order valence-corrected chi connectivity index (χ2v) is 7.21. The highest BCUT2D eigenvalue weighted by atomic mass is 35.5. The SMILES string of the molecule is CCc1ccc(-c2noc(N(C(C)=O)c3ccccc3Cl)c2-c2ccncc2)cc1. The summed E-state index contributed by atoms with van der Waals surface area (Å²) in [4.78, 5) is 18.2. The molecule has 0 saturated carbocycles. The average molecular weight is 418 g/mol. The predicted octanol–water partition coefficient (Wildman–Crippen LogP) is 6.30. The molecule has 4 rings (SSSR count). The monoisotopic (exact) mass is 417 g/mol. The molecule has 0 unspecified atom stereocenters. The lowest BCUT2D eigenvalue weighted by atomic mass is 10.00. The molecule has 0 bridgehead atoms. The first kappa shape index (κ1) is 19.9. The lowest BCUT2D eigenvalue weighted by Crippen LogP contribution is -2.23. The zero-order valence-electron chi connectivity index (χ0n) is 16.7. The number of rotatable bonds is 5. The average Bonchev–Trinajstić information content (AvgIpc) is 3.20. The van der Waals surface area contributed by atoms with Crippen LogP contribution in [0.4, 0.5) is 11.6 Å². The topological polar surface area (TPSA) is 59.2 Å². The van der Waals surface area contributed by atoms with Crippen LogP contribution in [-0.4, -0.2) is 16.0 Å². The Balaban J connectivity index is 1.95. The van der Waals surface area contributed by atoms with E-state index in [1.165, 1.54) is 17.4 Å². The normalized spacial score (nSPS) is 10.8. The number of amides is 1. The molecule has 0 spiro atoms. The molecule has 2 aromatic heterocycles. The lowest BCUT2D eigenvalue weighted by Gasteiger charge is -2.20. The summed E-state index contributed by atoms with van der Waals surface area (Å²) in [6.07, 6.45) is 4.35. The van der Waals surface area contributed by atoms with Crippen molar-refractivity contribution in [1.29, 1.82) is 0 Å². The molecule has 0 atom stereocenters. The molecule has 2 heterocycles. The van der Waals surface area contributed by atoms with Gasteiger partial charge in [0.05, 0.1) is 16.3 Å². The molecule has 0 aliphatic rings. The molecule has 0 radical (unpaired) electrons. The third-order valence-electron chi connectivity index (χ3n) is 4.89. The Labute approximate surface area is 179 Å². The number of halogens is 1. The van der Waals surface area contributed by atoms with Gasteiger partial charge in [0.25, 0.3) is 0 Å². The van der Waals surface area contributed by atoms with Gasteiger partial charge in [0.15, 0.2) is 0 Å². The Morgan fingerprint density at radius 2 is 1.70 bits per heavy atom. The molecule has 0 saturated heterocycles. The Hall–Kier alpha value is -3.44. The number of hydrogen-bond donors (Lipinski definition) is 0. The van der Waals surface area contributed by atoms with Crippen LogP contribution < -0.4 is 4.90 Å². The first-order chi connectivity index (χ1) is 14.6. The molecule has 30 heavy (non-hydrogen) atoms. The smallest absolute Gasteiger partial charge is 0.247 e. The summed E-state index contributed by atoms with van der Waals surface area (Å²) in [5.74, 6) is 0.0822. The van der Waals surface area contributed by atoms with Gasteiger partial charge in [0, 0.05) is 24.9 Å². The number of aromatic nitrogens is 2.